The maximum atomic E-state index is 13.0. The molecule has 1 saturated heterocycles. The molecule has 1 amide bonds. The Bertz CT molecular complexity index is 1360. The van der Waals surface area contributed by atoms with Gasteiger partial charge in [-0.3, -0.25) is 0 Å². The van der Waals surface area contributed by atoms with Gasteiger partial charge in [0.15, 0.2) is 0 Å². The SMILES string of the molecule is COCCCN1CCOc2ccc(COC3CN(C(=O)OCCCCO[N+](=O)[O-])CC(O)C3OC3CCC(Oc4ccc(Cl)cc4)CC3)cc21. The number of β-amino-alcohol motifs (C(OH)–C–C–N with tert-alkyl or cyclic N) is 1. The maximum absolute atomic E-state index is 13.0. The number of nitrogens with zero attached hydrogens (tertiary/aromatic N) is 3. The van der Waals surface area contributed by atoms with Crippen LogP contribution < -0.4 is 14.4 Å². The number of aliphatic hydroxyl groups excluding tert-OH is 1. The summed E-state index contributed by atoms with van der Waals surface area (Å²) in [5.74, 6) is 1.60. The molecule has 2 aromatic rings. The van der Waals surface area contributed by atoms with Gasteiger partial charge in [0, 0.05) is 25.3 Å². The van der Waals surface area contributed by atoms with Crippen LogP contribution >= 0.6 is 11.6 Å². The van der Waals surface area contributed by atoms with Crippen molar-refractivity contribution in [2.75, 3.05) is 64.6 Å². The van der Waals surface area contributed by atoms with E-state index >= 15 is 0 Å². The van der Waals surface area contributed by atoms with Crippen molar-refractivity contribution in [3.63, 3.8) is 0 Å². The van der Waals surface area contributed by atoms with Gasteiger partial charge in [-0.2, -0.15) is 0 Å². The Balaban J connectivity index is 1.20. The number of aliphatic hydroxyl groups is 1. The highest BCUT2D eigenvalue weighted by atomic mass is 35.5. The molecule has 0 spiro atoms. The van der Waals surface area contributed by atoms with E-state index in [2.05, 4.69) is 15.8 Å². The van der Waals surface area contributed by atoms with Gasteiger partial charge in [0.25, 0.3) is 5.09 Å². The number of benzene rings is 2. The summed E-state index contributed by atoms with van der Waals surface area (Å²) >= 11 is 6.01. The van der Waals surface area contributed by atoms with E-state index < -0.39 is 29.5 Å². The molecule has 15 heteroatoms. The Morgan fingerprint density at radius 1 is 1.02 bits per heavy atom. The maximum Gasteiger partial charge on any atom is 0.409 e. The molecule has 2 fully saturated rings. The first-order chi connectivity index (χ1) is 24.3. The quantitative estimate of drug-likeness (QED) is 0.132. The van der Waals surface area contributed by atoms with Gasteiger partial charge < -0.3 is 48.2 Å². The van der Waals surface area contributed by atoms with E-state index in [1.165, 1.54) is 4.90 Å². The predicted molar refractivity (Wildman–Crippen MR) is 183 cm³/mol. The minimum absolute atomic E-state index is 0.0232. The first-order valence-corrected chi connectivity index (χ1v) is 17.7. The fraction of sp³-hybridized carbons (Fsp3) is 0.629. The molecule has 2 aliphatic heterocycles. The number of likely N-dealkylation sites (tertiary alicyclic amines) is 1. The number of unbranched alkanes of at least 4 members (excludes halogenated alkanes) is 1. The summed E-state index contributed by atoms with van der Waals surface area (Å²) in [7, 11) is 1.70. The van der Waals surface area contributed by atoms with E-state index in [0.717, 1.165) is 67.9 Å². The predicted octanol–water partition coefficient (Wildman–Crippen LogP) is 5.04. The topological polar surface area (TPSA) is 152 Å². The van der Waals surface area contributed by atoms with E-state index in [9.17, 15) is 20.0 Å². The molecule has 14 nitrogen and oxygen atoms in total. The highest BCUT2D eigenvalue weighted by Gasteiger charge is 2.42. The molecule has 3 atom stereocenters. The van der Waals surface area contributed by atoms with Crippen molar-refractivity contribution in [1.82, 2.24) is 4.90 Å². The van der Waals surface area contributed by atoms with Crippen molar-refractivity contribution in [2.45, 2.75) is 82.1 Å². The molecule has 2 heterocycles. The molecule has 50 heavy (non-hydrogen) atoms. The second kappa shape index (κ2) is 19.2. The van der Waals surface area contributed by atoms with Crippen LogP contribution in [0.1, 0.15) is 50.5 Å². The molecule has 1 aliphatic carbocycles. The summed E-state index contributed by atoms with van der Waals surface area (Å²) in [4.78, 5) is 31.4. The molecule has 276 valence electrons. The third-order valence-corrected chi connectivity index (χ3v) is 9.34. The van der Waals surface area contributed by atoms with Gasteiger partial charge in [-0.1, -0.05) is 17.7 Å². The van der Waals surface area contributed by atoms with Crippen LogP contribution in [0, 0.1) is 10.1 Å². The zero-order chi connectivity index (χ0) is 35.3. The minimum Gasteiger partial charge on any atom is -0.490 e. The van der Waals surface area contributed by atoms with Crippen LogP contribution in [0.2, 0.25) is 5.02 Å². The lowest BCUT2D eigenvalue weighted by molar-refractivity contribution is -0.757. The van der Waals surface area contributed by atoms with Crippen LogP contribution in [0.4, 0.5) is 10.5 Å². The number of piperidine rings is 1. The zero-order valence-electron chi connectivity index (χ0n) is 28.5. The lowest BCUT2D eigenvalue weighted by atomic mass is 9.93. The van der Waals surface area contributed by atoms with Gasteiger partial charge in [-0.05, 0) is 86.9 Å². The van der Waals surface area contributed by atoms with Crippen molar-refractivity contribution in [1.29, 1.82) is 0 Å². The molecule has 0 radical (unpaired) electrons. The Labute approximate surface area is 297 Å². The highest BCUT2D eigenvalue weighted by Crippen LogP contribution is 2.34. The molecule has 2 aromatic carbocycles. The second-order valence-corrected chi connectivity index (χ2v) is 13.2. The van der Waals surface area contributed by atoms with E-state index in [4.69, 9.17) is 40.0 Å². The molecule has 1 saturated carbocycles. The summed E-state index contributed by atoms with van der Waals surface area (Å²) in [6.07, 6.45) is 1.81. The third kappa shape index (κ3) is 11.2. The van der Waals surface area contributed by atoms with Gasteiger partial charge in [-0.25, -0.2) is 4.79 Å². The summed E-state index contributed by atoms with van der Waals surface area (Å²) in [5.41, 5.74) is 1.92. The standard InChI is InChI=1S/C35H48ClN3O11/c1-44-17-4-15-37-16-20-45-32-14-5-25(21-30(32)37)24-47-33-23-38(35(41)46-18-2-3-19-48-39(42)43)22-31(40)34(33)50-29-12-10-28(11-13-29)49-27-8-6-26(36)7-9-27/h5-9,14,21,28-29,31,33-34,40H,2-4,10-13,15-20,22-24H2,1H3. The molecule has 0 bridgehead atoms. The van der Waals surface area contributed by atoms with Crippen molar-refractivity contribution in [2.24, 2.45) is 0 Å². The average molecular weight is 722 g/mol. The van der Waals surface area contributed by atoms with E-state index in [0.29, 0.717) is 31.1 Å². The van der Waals surface area contributed by atoms with Gasteiger partial charge in [0.05, 0.1) is 57.4 Å². The molecule has 5 rings (SSSR count). The first-order valence-electron chi connectivity index (χ1n) is 17.3. The third-order valence-electron chi connectivity index (χ3n) is 9.08. The normalized spacial score (nSPS) is 23.5. The van der Waals surface area contributed by atoms with Crippen molar-refractivity contribution >= 4 is 23.4 Å². The number of anilines is 1. The van der Waals surface area contributed by atoms with Crippen LogP contribution in [0.3, 0.4) is 0 Å². The molecular weight excluding hydrogens is 674 g/mol. The molecule has 1 N–H and O–H groups in total. The number of hydrogen-bond donors (Lipinski definition) is 1. The molecule has 3 unspecified atom stereocenters. The van der Waals surface area contributed by atoms with Crippen LogP contribution in [-0.4, -0.2) is 111 Å². The van der Waals surface area contributed by atoms with Crippen molar-refractivity contribution in [3.8, 4) is 11.5 Å². The summed E-state index contributed by atoms with van der Waals surface area (Å²) in [6, 6.07) is 13.3. The van der Waals surface area contributed by atoms with Crippen LogP contribution in [-0.2, 0) is 30.4 Å². The number of amides is 1. The number of fused-ring (bicyclic) bond motifs is 1. The van der Waals surface area contributed by atoms with E-state index in [1.54, 1.807) is 19.2 Å². The smallest absolute Gasteiger partial charge is 0.409 e. The number of hydrogen-bond acceptors (Lipinski definition) is 12. The van der Waals surface area contributed by atoms with E-state index in [1.807, 2.05) is 24.3 Å². The Kier molecular flexibility index (Phi) is 14.4. The number of methoxy groups -OCH3 is 1. The number of rotatable bonds is 17. The molecule has 3 aliphatic rings. The lowest BCUT2D eigenvalue weighted by Crippen LogP contribution is -2.59. The second-order valence-electron chi connectivity index (χ2n) is 12.8. The fourth-order valence-corrected chi connectivity index (χ4v) is 6.63. The summed E-state index contributed by atoms with van der Waals surface area (Å²) < 4.78 is 35.7. The van der Waals surface area contributed by atoms with Gasteiger partial charge in [0.2, 0.25) is 0 Å². The van der Waals surface area contributed by atoms with Gasteiger partial charge in [0.1, 0.15) is 36.4 Å². The monoisotopic (exact) mass is 721 g/mol. The first kappa shape index (κ1) is 37.7. The average Bonchev–Trinajstić information content (AvgIpc) is 3.11. The molecular formula is C35H48ClN3O11. The number of carbonyl (C=O) groups excluding carboxylic acids is 1. The van der Waals surface area contributed by atoms with Crippen LogP contribution in [0.5, 0.6) is 11.5 Å². The highest BCUT2D eigenvalue weighted by molar-refractivity contribution is 6.30. The minimum atomic E-state index is -1.01. The van der Waals surface area contributed by atoms with Crippen molar-refractivity contribution in [3.05, 3.63) is 63.2 Å². The van der Waals surface area contributed by atoms with Crippen molar-refractivity contribution < 1.29 is 48.2 Å². The fourth-order valence-electron chi connectivity index (χ4n) is 6.50. The van der Waals surface area contributed by atoms with Gasteiger partial charge >= 0.3 is 6.09 Å². The summed E-state index contributed by atoms with van der Waals surface area (Å²) in [5, 5.41) is 21.5. The van der Waals surface area contributed by atoms with Crippen LogP contribution in [0.25, 0.3) is 0 Å². The van der Waals surface area contributed by atoms with Gasteiger partial charge in [-0.15, -0.1) is 10.1 Å². The summed E-state index contributed by atoms with van der Waals surface area (Å²) in [6.45, 7) is 3.32. The lowest BCUT2D eigenvalue weighted by Gasteiger charge is -2.43. The molecule has 0 aromatic heterocycles. The zero-order valence-corrected chi connectivity index (χ0v) is 29.2. The number of carbonyl (C=O) groups is 1. The number of ether oxygens (including phenoxy) is 6. The largest absolute Gasteiger partial charge is 0.490 e. The Morgan fingerprint density at radius 3 is 2.54 bits per heavy atom. The van der Waals surface area contributed by atoms with Crippen LogP contribution in [0.15, 0.2) is 42.5 Å². The number of halogens is 1. The Hall–Kier alpha value is -3.56. The van der Waals surface area contributed by atoms with E-state index in [-0.39, 0.29) is 45.1 Å². The Morgan fingerprint density at radius 2 is 1.78 bits per heavy atom.